The highest BCUT2D eigenvalue weighted by Gasteiger charge is 2.28. The molecule has 21 heavy (non-hydrogen) atoms. The van der Waals surface area contributed by atoms with E-state index in [1.54, 1.807) is 0 Å². The summed E-state index contributed by atoms with van der Waals surface area (Å²) in [5.41, 5.74) is 2.99. The smallest absolute Gasteiger partial charge is 0.228 e. The van der Waals surface area contributed by atoms with Gasteiger partial charge in [-0.2, -0.15) is 0 Å². The molecule has 1 N–H and O–H groups in total. The molecular weight excluding hydrogens is 266 g/mol. The van der Waals surface area contributed by atoms with Crippen molar-refractivity contribution < 1.29 is 9.32 Å². The molecule has 2 heterocycles. The molecule has 1 aromatic carbocycles. The lowest BCUT2D eigenvalue weighted by Gasteiger charge is -2.32. The highest BCUT2D eigenvalue weighted by molar-refractivity contribution is 5.86. The van der Waals surface area contributed by atoms with Crippen LogP contribution < -0.4 is 10.2 Å². The number of amides is 1. The van der Waals surface area contributed by atoms with E-state index < -0.39 is 0 Å². The van der Waals surface area contributed by atoms with Gasteiger partial charge < -0.3 is 14.7 Å². The summed E-state index contributed by atoms with van der Waals surface area (Å²) in [7, 11) is 2.06. The molecule has 1 amide bonds. The van der Waals surface area contributed by atoms with Crippen molar-refractivity contribution in [1.82, 2.24) is 10.5 Å². The van der Waals surface area contributed by atoms with Gasteiger partial charge >= 0.3 is 0 Å². The molecule has 5 heteroatoms. The lowest BCUT2D eigenvalue weighted by Crippen LogP contribution is -2.35. The number of para-hydroxylation sites is 1. The maximum absolute atomic E-state index is 12.5. The Morgan fingerprint density at radius 2 is 2.29 bits per heavy atom. The summed E-state index contributed by atoms with van der Waals surface area (Å²) in [6.07, 6.45) is 0.831. The van der Waals surface area contributed by atoms with Crippen LogP contribution >= 0.6 is 0 Å². The molecule has 0 radical (unpaired) electrons. The zero-order chi connectivity index (χ0) is 14.8. The summed E-state index contributed by atoms with van der Waals surface area (Å²) in [6, 6.07) is 9.93. The zero-order valence-corrected chi connectivity index (χ0v) is 12.3. The number of hydrogen-bond donors (Lipinski definition) is 1. The molecule has 0 fully saturated rings. The highest BCUT2D eigenvalue weighted by Crippen LogP contribution is 2.34. The second-order valence-corrected chi connectivity index (χ2v) is 5.47. The van der Waals surface area contributed by atoms with E-state index in [1.165, 1.54) is 0 Å². The van der Waals surface area contributed by atoms with Gasteiger partial charge in [0.1, 0.15) is 11.5 Å². The third kappa shape index (κ3) is 2.77. The summed E-state index contributed by atoms with van der Waals surface area (Å²) in [4.78, 5) is 14.7. The van der Waals surface area contributed by atoms with Crippen LogP contribution in [0.2, 0.25) is 0 Å². The van der Waals surface area contributed by atoms with Crippen molar-refractivity contribution >= 4 is 11.6 Å². The van der Waals surface area contributed by atoms with Gasteiger partial charge in [0.05, 0.1) is 12.5 Å². The van der Waals surface area contributed by atoms with E-state index >= 15 is 0 Å². The molecule has 110 valence electrons. The van der Waals surface area contributed by atoms with Gasteiger partial charge in [0.2, 0.25) is 5.91 Å². The number of fused-ring (bicyclic) bond motifs is 1. The van der Waals surface area contributed by atoms with Gasteiger partial charge in [-0.05, 0) is 25.0 Å². The Labute approximate surface area is 123 Å². The zero-order valence-electron chi connectivity index (χ0n) is 12.3. The van der Waals surface area contributed by atoms with Gasteiger partial charge in [-0.3, -0.25) is 4.79 Å². The van der Waals surface area contributed by atoms with Crippen LogP contribution in [0.1, 0.15) is 29.4 Å². The summed E-state index contributed by atoms with van der Waals surface area (Å²) < 4.78 is 5.00. The van der Waals surface area contributed by atoms with E-state index in [9.17, 15) is 4.79 Å². The molecule has 3 rings (SSSR count). The molecule has 1 atom stereocenters. The Balaban J connectivity index is 1.72. The van der Waals surface area contributed by atoms with Crippen molar-refractivity contribution in [1.29, 1.82) is 0 Å². The number of aryl methyl sites for hydroxylation is 1. The summed E-state index contributed by atoms with van der Waals surface area (Å²) in [6.45, 7) is 3.13. The number of benzene rings is 1. The lowest BCUT2D eigenvalue weighted by atomic mass is 9.89. The minimum absolute atomic E-state index is 0.0520. The van der Waals surface area contributed by atoms with Crippen LogP contribution in [0.3, 0.4) is 0 Å². The van der Waals surface area contributed by atoms with Crippen molar-refractivity contribution in [2.24, 2.45) is 0 Å². The minimum atomic E-state index is -0.0922. The number of rotatable bonds is 3. The molecule has 0 spiro atoms. The SMILES string of the molecule is Cc1cc(CNC(=O)C2CCN(C)c3ccccc32)no1. The third-order valence-electron chi connectivity index (χ3n) is 3.91. The Bertz CT molecular complexity index is 650. The normalized spacial score (nSPS) is 17.4. The standard InChI is InChI=1S/C16H19N3O2/c1-11-9-12(18-21-11)10-17-16(20)14-7-8-19(2)15-6-4-3-5-13(14)15/h3-6,9,14H,7-8,10H2,1-2H3,(H,17,20). The van der Waals surface area contributed by atoms with Crippen LogP contribution in [0.4, 0.5) is 5.69 Å². The average Bonchev–Trinajstić information content (AvgIpc) is 2.91. The van der Waals surface area contributed by atoms with Gasteiger partial charge in [-0.1, -0.05) is 23.4 Å². The van der Waals surface area contributed by atoms with Gasteiger partial charge in [-0.25, -0.2) is 0 Å². The number of carbonyl (C=O) groups is 1. The maximum atomic E-state index is 12.5. The van der Waals surface area contributed by atoms with Gasteiger partial charge in [-0.15, -0.1) is 0 Å². The summed E-state index contributed by atoms with van der Waals surface area (Å²) in [5.74, 6) is 0.713. The molecule has 0 saturated heterocycles. The van der Waals surface area contributed by atoms with Gasteiger partial charge in [0, 0.05) is 25.3 Å². The van der Waals surface area contributed by atoms with Crippen LogP contribution in [0, 0.1) is 6.92 Å². The first-order valence-corrected chi connectivity index (χ1v) is 7.15. The quantitative estimate of drug-likeness (QED) is 0.939. The second-order valence-electron chi connectivity index (χ2n) is 5.47. The summed E-state index contributed by atoms with van der Waals surface area (Å²) >= 11 is 0. The Morgan fingerprint density at radius 3 is 3.05 bits per heavy atom. The van der Waals surface area contributed by atoms with Crippen molar-refractivity contribution in [2.75, 3.05) is 18.5 Å². The monoisotopic (exact) mass is 285 g/mol. The number of nitrogens with one attached hydrogen (secondary N) is 1. The molecule has 1 aromatic heterocycles. The number of aromatic nitrogens is 1. The van der Waals surface area contributed by atoms with Crippen LogP contribution in [0.25, 0.3) is 0 Å². The topological polar surface area (TPSA) is 58.4 Å². The molecule has 1 aliphatic heterocycles. The number of nitrogens with zero attached hydrogens (tertiary/aromatic N) is 2. The third-order valence-corrected chi connectivity index (χ3v) is 3.91. The second kappa shape index (κ2) is 5.60. The molecule has 2 aromatic rings. The maximum Gasteiger partial charge on any atom is 0.228 e. The van der Waals surface area contributed by atoms with Crippen molar-refractivity contribution in [3.05, 3.63) is 47.3 Å². The predicted molar refractivity (Wildman–Crippen MR) is 80.2 cm³/mol. The minimum Gasteiger partial charge on any atom is -0.374 e. The van der Waals surface area contributed by atoms with Crippen LogP contribution in [0.5, 0.6) is 0 Å². The first-order valence-electron chi connectivity index (χ1n) is 7.15. The fourth-order valence-corrected chi connectivity index (χ4v) is 2.80. The molecule has 0 saturated carbocycles. The number of hydrogen-bond acceptors (Lipinski definition) is 4. The van der Waals surface area contributed by atoms with E-state index in [2.05, 4.69) is 28.5 Å². The molecule has 1 unspecified atom stereocenters. The predicted octanol–water partition coefficient (Wildman–Crippen LogP) is 2.22. The fourth-order valence-electron chi connectivity index (χ4n) is 2.80. The molecule has 0 aliphatic carbocycles. The Morgan fingerprint density at radius 1 is 1.48 bits per heavy atom. The Hall–Kier alpha value is -2.30. The Kier molecular flexibility index (Phi) is 3.64. The largest absolute Gasteiger partial charge is 0.374 e. The van der Waals surface area contributed by atoms with Crippen molar-refractivity contribution in [2.45, 2.75) is 25.8 Å². The van der Waals surface area contributed by atoms with Crippen molar-refractivity contribution in [3.63, 3.8) is 0 Å². The fraction of sp³-hybridized carbons (Fsp3) is 0.375. The van der Waals surface area contributed by atoms with E-state index in [1.807, 2.05) is 31.2 Å². The van der Waals surface area contributed by atoms with Crippen molar-refractivity contribution in [3.8, 4) is 0 Å². The first-order chi connectivity index (χ1) is 10.1. The highest BCUT2D eigenvalue weighted by atomic mass is 16.5. The molecule has 1 aliphatic rings. The van der Waals surface area contributed by atoms with Gasteiger partial charge in [0.25, 0.3) is 0 Å². The van der Waals surface area contributed by atoms with Gasteiger partial charge in [0.15, 0.2) is 0 Å². The van der Waals surface area contributed by atoms with Crippen LogP contribution in [-0.4, -0.2) is 24.7 Å². The van der Waals surface area contributed by atoms with Crippen LogP contribution in [0.15, 0.2) is 34.9 Å². The molecular formula is C16H19N3O2. The average molecular weight is 285 g/mol. The van der Waals surface area contributed by atoms with E-state index in [4.69, 9.17) is 4.52 Å². The van der Waals surface area contributed by atoms with E-state index in [0.29, 0.717) is 6.54 Å². The number of carbonyl (C=O) groups excluding carboxylic acids is 1. The molecule has 0 bridgehead atoms. The lowest BCUT2D eigenvalue weighted by molar-refractivity contribution is -0.122. The van der Waals surface area contributed by atoms with E-state index in [0.717, 1.165) is 35.7 Å². The first kappa shape index (κ1) is 13.7. The number of anilines is 1. The van der Waals surface area contributed by atoms with Crippen LogP contribution in [-0.2, 0) is 11.3 Å². The molecule has 5 nitrogen and oxygen atoms in total. The summed E-state index contributed by atoms with van der Waals surface area (Å²) in [5, 5.41) is 6.85. The van der Waals surface area contributed by atoms with E-state index in [-0.39, 0.29) is 11.8 Å².